The smallest absolute Gasteiger partial charge is 0.317 e. The van der Waals surface area contributed by atoms with Gasteiger partial charge in [-0.15, -0.1) is 0 Å². The van der Waals surface area contributed by atoms with Gasteiger partial charge >= 0.3 is 6.03 Å². The van der Waals surface area contributed by atoms with E-state index in [4.69, 9.17) is 4.74 Å². The maximum absolute atomic E-state index is 12.5. The molecule has 2 heterocycles. The molecule has 0 radical (unpaired) electrons. The number of carbonyl (C=O) groups excluding carboxylic acids is 3. The van der Waals surface area contributed by atoms with Gasteiger partial charge in [0.2, 0.25) is 5.91 Å². The van der Waals surface area contributed by atoms with Crippen molar-refractivity contribution in [3.05, 3.63) is 29.8 Å². The van der Waals surface area contributed by atoms with Gasteiger partial charge in [-0.2, -0.15) is 0 Å². The Hall–Kier alpha value is -2.77. The molecule has 1 N–H and O–H groups in total. The predicted molar refractivity (Wildman–Crippen MR) is 90.4 cm³/mol. The normalized spacial score (nSPS) is 20.5. The molecular formula is C17H22N4O4. The van der Waals surface area contributed by atoms with Crippen LogP contribution in [0.5, 0.6) is 5.75 Å². The van der Waals surface area contributed by atoms with Crippen LogP contribution in [0.4, 0.5) is 4.79 Å². The van der Waals surface area contributed by atoms with Crippen LogP contribution in [0.3, 0.4) is 0 Å². The Morgan fingerprint density at radius 1 is 1.08 bits per heavy atom. The number of rotatable bonds is 3. The molecule has 0 aromatic heterocycles. The molecule has 2 aliphatic rings. The summed E-state index contributed by atoms with van der Waals surface area (Å²) in [5.74, 6) is 0.563. The van der Waals surface area contributed by atoms with Gasteiger partial charge in [0, 0.05) is 38.8 Å². The van der Waals surface area contributed by atoms with Crippen LogP contribution < -0.4 is 10.1 Å². The highest BCUT2D eigenvalue weighted by molar-refractivity contribution is 5.95. The molecule has 2 fully saturated rings. The lowest BCUT2D eigenvalue weighted by Crippen LogP contribution is -2.54. The van der Waals surface area contributed by atoms with Crippen molar-refractivity contribution in [1.82, 2.24) is 20.0 Å². The molecule has 2 saturated heterocycles. The first-order valence-electron chi connectivity index (χ1n) is 8.23. The molecular weight excluding hydrogens is 324 g/mol. The van der Waals surface area contributed by atoms with E-state index in [1.54, 1.807) is 48.2 Å². The van der Waals surface area contributed by atoms with E-state index >= 15 is 0 Å². The van der Waals surface area contributed by atoms with Crippen LogP contribution in [0.15, 0.2) is 24.3 Å². The minimum Gasteiger partial charge on any atom is -0.497 e. The van der Waals surface area contributed by atoms with Gasteiger partial charge in [0.15, 0.2) is 0 Å². The standard InChI is InChI=1S/C17H22N4O4/c1-19-11-14(18-17(19)24)16(23)21-9-7-20(8-10-21)15(22)12-3-5-13(25-2)6-4-12/h3-6,14H,7-11H2,1-2H3,(H,18,24)/t14-/m0/s1. The first kappa shape index (κ1) is 17.1. The predicted octanol–water partition coefficient (Wildman–Crippen LogP) is 0.00320. The Labute approximate surface area is 146 Å². The molecule has 3 rings (SSSR count). The number of methoxy groups -OCH3 is 1. The van der Waals surface area contributed by atoms with E-state index in [9.17, 15) is 14.4 Å². The van der Waals surface area contributed by atoms with Crippen LogP contribution in [-0.2, 0) is 4.79 Å². The molecule has 2 aliphatic heterocycles. The second-order valence-corrected chi connectivity index (χ2v) is 6.23. The zero-order chi connectivity index (χ0) is 18.0. The van der Waals surface area contributed by atoms with Crippen LogP contribution >= 0.6 is 0 Å². The fraction of sp³-hybridized carbons (Fsp3) is 0.471. The fourth-order valence-electron chi connectivity index (χ4n) is 3.07. The van der Waals surface area contributed by atoms with E-state index in [-0.39, 0.29) is 17.8 Å². The van der Waals surface area contributed by atoms with Crippen LogP contribution in [0.1, 0.15) is 10.4 Å². The van der Waals surface area contributed by atoms with Crippen molar-refractivity contribution in [1.29, 1.82) is 0 Å². The van der Waals surface area contributed by atoms with Gasteiger partial charge in [0.1, 0.15) is 11.8 Å². The van der Waals surface area contributed by atoms with Gasteiger partial charge in [0.25, 0.3) is 5.91 Å². The quantitative estimate of drug-likeness (QED) is 0.835. The first-order chi connectivity index (χ1) is 12.0. The molecule has 25 heavy (non-hydrogen) atoms. The largest absolute Gasteiger partial charge is 0.497 e. The molecule has 0 aliphatic carbocycles. The second kappa shape index (κ2) is 7.00. The number of amides is 4. The highest BCUT2D eigenvalue weighted by atomic mass is 16.5. The average molecular weight is 346 g/mol. The lowest BCUT2D eigenvalue weighted by atomic mass is 10.1. The number of carbonyl (C=O) groups is 3. The van der Waals surface area contributed by atoms with Gasteiger partial charge in [0.05, 0.1) is 13.7 Å². The number of hydrogen-bond donors (Lipinski definition) is 1. The summed E-state index contributed by atoms with van der Waals surface area (Å²) in [6.07, 6.45) is 0. The van der Waals surface area contributed by atoms with Gasteiger partial charge in [-0.3, -0.25) is 9.59 Å². The molecule has 1 aromatic rings. The zero-order valence-electron chi connectivity index (χ0n) is 14.4. The van der Waals surface area contributed by atoms with Crippen LogP contribution in [0.2, 0.25) is 0 Å². The Bertz CT molecular complexity index is 668. The van der Waals surface area contributed by atoms with Crippen LogP contribution in [0, 0.1) is 0 Å². The van der Waals surface area contributed by atoms with Gasteiger partial charge in [-0.05, 0) is 24.3 Å². The minimum atomic E-state index is -0.499. The SMILES string of the molecule is COc1ccc(C(=O)N2CCN(C(=O)[C@@H]3CN(C)C(=O)N3)CC2)cc1. The second-order valence-electron chi connectivity index (χ2n) is 6.23. The van der Waals surface area contributed by atoms with Crippen LogP contribution in [0.25, 0.3) is 0 Å². The Balaban J connectivity index is 1.55. The van der Waals surface area contributed by atoms with Gasteiger partial charge in [-0.25, -0.2) is 4.79 Å². The van der Waals surface area contributed by atoms with Crippen molar-refractivity contribution in [2.45, 2.75) is 6.04 Å². The summed E-state index contributed by atoms with van der Waals surface area (Å²) in [6.45, 7) is 2.27. The molecule has 134 valence electrons. The molecule has 0 bridgehead atoms. The topological polar surface area (TPSA) is 82.2 Å². The molecule has 1 aromatic carbocycles. The summed E-state index contributed by atoms with van der Waals surface area (Å²) < 4.78 is 5.10. The third kappa shape index (κ3) is 3.52. The summed E-state index contributed by atoms with van der Waals surface area (Å²) in [5, 5.41) is 2.67. The molecule has 4 amide bonds. The Morgan fingerprint density at radius 2 is 1.68 bits per heavy atom. The van der Waals surface area contributed by atoms with Crippen LogP contribution in [-0.4, -0.2) is 85.5 Å². The summed E-state index contributed by atoms with van der Waals surface area (Å²) in [7, 11) is 3.24. The minimum absolute atomic E-state index is 0.0522. The summed E-state index contributed by atoms with van der Waals surface area (Å²) in [6, 6.07) is 6.26. The lowest BCUT2D eigenvalue weighted by Gasteiger charge is -2.35. The number of likely N-dealkylation sites (N-methyl/N-ethyl adjacent to an activating group) is 1. The lowest BCUT2D eigenvalue weighted by molar-refractivity contribution is -0.134. The highest BCUT2D eigenvalue weighted by Crippen LogP contribution is 2.15. The van der Waals surface area contributed by atoms with E-state index in [1.165, 1.54) is 4.90 Å². The van der Waals surface area contributed by atoms with E-state index in [0.29, 0.717) is 44.0 Å². The average Bonchev–Trinajstić information content (AvgIpc) is 2.99. The van der Waals surface area contributed by atoms with E-state index in [2.05, 4.69) is 5.32 Å². The first-order valence-corrected chi connectivity index (χ1v) is 8.23. The molecule has 0 unspecified atom stereocenters. The number of urea groups is 1. The number of hydrogen-bond acceptors (Lipinski definition) is 4. The third-order valence-electron chi connectivity index (χ3n) is 4.61. The van der Waals surface area contributed by atoms with Crippen molar-refractivity contribution in [2.24, 2.45) is 0 Å². The highest BCUT2D eigenvalue weighted by Gasteiger charge is 2.35. The van der Waals surface area contributed by atoms with Crippen molar-refractivity contribution >= 4 is 17.8 Å². The van der Waals surface area contributed by atoms with Crippen molar-refractivity contribution in [3.63, 3.8) is 0 Å². The molecule has 8 nitrogen and oxygen atoms in total. The van der Waals surface area contributed by atoms with Crippen molar-refractivity contribution in [3.8, 4) is 5.75 Å². The summed E-state index contributed by atoms with van der Waals surface area (Å²) in [5.41, 5.74) is 0.602. The summed E-state index contributed by atoms with van der Waals surface area (Å²) >= 11 is 0. The zero-order valence-corrected chi connectivity index (χ0v) is 14.4. The van der Waals surface area contributed by atoms with Gasteiger partial charge in [-0.1, -0.05) is 0 Å². The number of benzene rings is 1. The maximum Gasteiger partial charge on any atom is 0.317 e. The molecule has 8 heteroatoms. The summed E-state index contributed by atoms with van der Waals surface area (Å²) in [4.78, 5) is 41.5. The maximum atomic E-state index is 12.5. The molecule has 0 spiro atoms. The molecule has 0 saturated carbocycles. The Morgan fingerprint density at radius 3 is 2.20 bits per heavy atom. The van der Waals surface area contributed by atoms with Crippen molar-refractivity contribution in [2.75, 3.05) is 46.9 Å². The molecule has 1 atom stereocenters. The van der Waals surface area contributed by atoms with Crippen molar-refractivity contribution < 1.29 is 19.1 Å². The number of nitrogens with one attached hydrogen (secondary N) is 1. The monoisotopic (exact) mass is 346 g/mol. The third-order valence-corrected chi connectivity index (χ3v) is 4.61. The van der Waals surface area contributed by atoms with E-state index in [0.717, 1.165) is 0 Å². The van der Waals surface area contributed by atoms with E-state index < -0.39 is 6.04 Å². The van der Waals surface area contributed by atoms with Gasteiger partial charge < -0.3 is 24.8 Å². The number of nitrogens with zero attached hydrogens (tertiary/aromatic N) is 3. The van der Waals surface area contributed by atoms with E-state index in [1.807, 2.05) is 0 Å². The number of piperazine rings is 1. The Kier molecular flexibility index (Phi) is 4.78. The fourth-order valence-corrected chi connectivity index (χ4v) is 3.07. The number of ether oxygens (including phenoxy) is 1.